The number of para-hydroxylation sites is 1. The van der Waals surface area contributed by atoms with E-state index in [4.69, 9.17) is 0 Å². The van der Waals surface area contributed by atoms with Crippen LogP contribution in [0.5, 0.6) is 0 Å². The molecule has 1 aromatic heterocycles. The molecule has 0 bridgehead atoms. The summed E-state index contributed by atoms with van der Waals surface area (Å²) < 4.78 is 0. The van der Waals surface area contributed by atoms with Gasteiger partial charge in [-0.05, 0) is 36.4 Å². The van der Waals surface area contributed by atoms with E-state index in [9.17, 15) is 9.90 Å². The average Bonchev–Trinajstić information content (AvgIpc) is 3.19. The molecule has 134 valence electrons. The number of hydrogen-bond acceptors (Lipinski definition) is 4. The Labute approximate surface area is 153 Å². The first-order valence-electron chi connectivity index (χ1n) is 9.00. The van der Waals surface area contributed by atoms with Crippen LogP contribution >= 0.6 is 11.3 Å². The van der Waals surface area contributed by atoms with Gasteiger partial charge in [-0.15, -0.1) is 11.3 Å². The number of likely N-dealkylation sites (tertiary alicyclic amines) is 1. The van der Waals surface area contributed by atoms with Crippen LogP contribution in [0.1, 0.15) is 37.2 Å². The molecular weight excluding hydrogens is 338 g/mol. The number of β-amino-alcohol motifs (C(OH)–C–C–N with tert-alkyl or cyclic N) is 1. The Morgan fingerprint density at radius 1 is 1.24 bits per heavy atom. The van der Waals surface area contributed by atoms with E-state index >= 15 is 0 Å². The van der Waals surface area contributed by atoms with Crippen molar-refractivity contribution in [3.63, 3.8) is 0 Å². The molecule has 5 heteroatoms. The van der Waals surface area contributed by atoms with Crippen molar-refractivity contribution in [3.8, 4) is 0 Å². The van der Waals surface area contributed by atoms with Crippen molar-refractivity contribution in [1.29, 1.82) is 0 Å². The number of hydrogen-bond donors (Lipinski definition) is 1. The monoisotopic (exact) mass is 364 g/mol. The normalized spacial score (nSPS) is 17.4. The highest BCUT2D eigenvalue weighted by Gasteiger charge is 2.29. The molecule has 4 nitrogen and oxygen atoms in total. The molecular formula is C20H26N2O2S. The predicted octanol–water partition coefficient (Wildman–Crippen LogP) is 3.69. The molecule has 1 N–H and O–H groups in total. The fourth-order valence-corrected chi connectivity index (χ4v) is 4.20. The maximum Gasteiger partial charge on any atom is 0.226 e. The minimum absolute atomic E-state index is 0.184. The van der Waals surface area contributed by atoms with Gasteiger partial charge in [-0.3, -0.25) is 4.79 Å². The van der Waals surface area contributed by atoms with Gasteiger partial charge < -0.3 is 14.9 Å². The lowest BCUT2D eigenvalue weighted by atomic mass is 10.0. The van der Waals surface area contributed by atoms with Crippen LogP contribution in [-0.2, 0) is 4.79 Å². The maximum atomic E-state index is 12.5. The van der Waals surface area contributed by atoms with Gasteiger partial charge in [0.15, 0.2) is 0 Å². The molecule has 1 aromatic carbocycles. The average molecular weight is 364 g/mol. The van der Waals surface area contributed by atoms with Crippen LogP contribution in [0, 0.1) is 0 Å². The second-order valence-electron chi connectivity index (χ2n) is 6.52. The number of benzene rings is 1. The van der Waals surface area contributed by atoms with Crippen LogP contribution in [0.25, 0.3) is 0 Å². The molecule has 3 rings (SSSR count). The first-order valence-corrected chi connectivity index (χ1v) is 9.88. The van der Waals surface area contributed by atoms with E-state index in [1.807, 2.05) is 59.7 Å². The molecule has 1 unspecified atom stereocenters. The molecule has 0 aliphatic carbocycles. The van der Waals surface area contributed by atoms with Crippen molar-refractivity contribution >= 4 is 22.9 Å². The fraction of sp³-hybridized carbons (Fsp3) is 0.450. The number of amides is 1. The molecule has 25 heavy (non-hydrogen) atoms. The van der Waals surface area contributed by atoms with Crippen LogP contribution in [0.4, 0.5) is 5.69 Å². The Hall–Kier alpha value is -1.69. The minimum Gasteiger partial charge on any atom is -0.386 e. The molecule has 0 radical (unpaired) electrons. The quantitative estimate of drug-likeness (QED) is 0.850. The number of aliphatic hydroxyl groups is 1. The lowest BCUT2D eigenvalue weighted by molar-refractivity contribution is -0.119. The zero-order valence-corrected chi connectivity index (χ0v) is 15.5. The highest BCUT2D eigenvalue weighted by molar-refractivity contribution is 7.10. The summed E-state index contributed by atoms with van der Waals surface area (Å²) in [6.07, 6.45) is 1.99. The smallest absolute Gasteiger partial charge is 0.226 e. The summed E-state index contributed by atoms with van der Waals surface area (Å²) in [5, 5.41) is 12.3. The van der Waals surface area contributed by atoms with Crippen molar-refractivity contribution in [2.75, 3.05) is 24.5 Å². The van der Waals surface area contributed by atoms with E-state index in [0.29, 0.717) is 13.0 Å². The summed E-state index contributed by atoms with van der Waals surface area (Å²) in [5.41, 5.74) is 0.992. The molecule has 0 spiro atoms. The summed E-state index contributed by atoms with van der Waals surface area (Å²) in [6.45, 7) is 4.41. The zero-order valence-electron chi connectivity index (χ0n) is 14.7. The second-order valence-corrected chi connectivity index (χ2v) is 7.50. The molecule has 0 saturated carbocycles. The van der Waals surface area contributed by atoms with Gasteiger partial charge in [-0.1, -0.05) is 31.2 Å². The van der Waals surface area contributed by atoms with Gasteiger partial charge in [0.05, 0.1) is 0 Å². The summed E-state index contributed by atoms with van der Waals surface area (Å²) in [7, 11) is 0. The Bertz CT molecular complexity index is 652. The van der Waals surface area contributed by atoms with Crippen molar-refractivity contribution in [2.24, 2.45) is 0 Å². The Balaban J connectivity index is 1.60. The number of thiophene rings is 1. The summed E-state index contributed by atoms with van der Waals surface area (Å²) in [6, 6.07) is 14.2. The number of rotatable bonds is 6. The molecule has 1 atom stereocenters. The van der Waals surface area contributed by atoms with Crippen LogP contribution in [-0.4, -0.2) is 41.6 Å². The summed E-state index contributed by atoms with van der Waals surface area (Å²) in [4.78, 5) is 17.8. The van der Waals surface area contributed by atoms with Crippen molar-refractivity contribution in [1.82, 2.24) is 4.90 Å². The predicted molar refractivity (Wildman–Crippen MR) is 103 cm³/mol. The van der Waals surface area contributed by atoms with Crippen molar-refractivity contribution < 1.29 is 9.90 Å². The maximum absolute atomic E-state index is 12.5. The van der Waals surface area contributed by atoms with Gasteiger partial charge >= 0.3 is 0 Å². The van der Waals surface area contributed by atoms with E-state index in [1.54, 1.807) is 11.3 Å². The standard InChI is InChI=1S/C20H26N2O2S/c1-2-20(24)22(16-7-4-3-5-8-16)17-10-12-21(13-11-17)15-18(23)19-9-6-14-25-19/h3-9,14,17-18,23H,2,10-13,15H2,1H3/i3+1,4+1,5+1,7+1,8+1,16+1. The number of nitrogens with zero attached hydrogens (tertiary/aromatic N) is 2. The van der Waals surface area contributed by atoms with E-state index < -0.39 is 6.10 Å². The Morgan fingerprint density at radius 2 is 1.96 bits per heavy atom. The van der Waals surface area contributed by atoms with E-state index in [1.165, 1.54) is 0 Å². The molecule has 1 saturated heterocycles. The van der Waals surface area contributed by atoms with Crippen LogP contribution in [0.2, 0.25) is 0 Å². The van der Waals surface area contributed by atoms with Crippen molar-refractivity contribution in [2.45, 2.75) is 38.3 Å². The van der Waals surface area contributed by atoms with Gasteiger partial charge in [0.2, 0.25) is 5.91 Å². The lowest BCUT2D eigenvalue weighted by Gasteiger charge is -2.39. The number of piperidine rings is 1. The van der Waals surface area contributed by atoms with Gasteiger partial charge in [0.25, 0.3) is 0 Å². The van der Waals surface area contributed by atoms with Crippen LogP contribution in [0.3, 0.4) is 0 Å². The van der Waals surface area contributed by atoms with Gasteiger partial charge in [0.1, 0.15) is 6.10 Å². The largest absolute Gasteiger partial charge is 0.386 e. The third-order valence-electron chi connectivity index (χ3n) is 4.83. The van der Waals surface area contributed by atoms with Gasteiger partial charge in [-0.25, -0.2) is 0 Å². The number of aliphatic hydroxyl groups excluding tert-OH is 1. The SMILES string of the molecule is CCC(=O)N(C1CCN(CC(O)c2cccs2)CC1)[13c]1[13cH][13cH][13cH][13cH][13cH]1. The lowest BCUT2D eigenvalue weighted by Crippen LogP contribution is -2.48. The highest BCUT2D eigenvalue weighted by Crippen LogP contribution is 2.26. The molecule has 1 aliphatic heterocycles. The number of carbonyl (C=O) groups excluding carboxylic acids is 1. The number of anilines is 1. The molecule has 1 amide bonds. The minimum atomic E-state index is -0.418. The zero-order chi connectivity index (χ0) is 17.6. The Morgan fingerprint density at radius 3 is 2.56 bits per heavy atom. The first-order chi connectivity index (χ1) is 12.2. The second kappa shape index (κ2) is 8.61. The molecule has 2 aromatic rings. The summed E-state index contributed by atoms with van der Waals surface area (Å²) in [5.74, 6) is 0.184. The van der Waals surface area contributed by atoms with E-state index in [0.717, 1.165) is 36.5 Å². The first kappa shape index (κ1) is 18.1. The topological polar surface area (TPSA) is 43.8 Å². The molecule has 1 aliphatic rings. The van der Waals surface area contributed by atoms with Gasteiger partial charge in [0, 0.05) is 42.7 Å². The third-order valence-corrected chi connectivity index (χ3v) is 5.80. The molecule has 1 fully saturated rings. The Kier molecular flexibility index (Phi) is 6.24. The van der Waals surface area contributed by atoms with E-state index in [2.05, 4.69) is 4.90 Å². The van der Waals surface area contributed by atoms with Crippen molar-refractivity contribution in [3.05, 3.63) is 52.7 Å². The highest BCUT2D eigenvalue weighted by atomic mass is 32.1. The molecule has 2 heterocycles. The number of carbonyl (C=O) groups is 1. The summed E-state index contributed by atoms with van der Waals surface area (Å²) >= 11 is 1.60. The van der Waals surface area contributed by atoms with Gasteiger partial charge in [-0.2, -0.15) is 0 Å². The fourth-order valence-electron chi connectivity index (χ4n) is 3.49. The third kappa shape index (κ3) is 4.48. The van der Waals surface area contributed by atoms with Crippen LogP contribution in [0.15, 0.2) is 47.8 Å². The van der Waals surface area contributed by atoms with E-state index in [-0.39, 0.29) is 11.9 Å². The van der Waals surface area contributed by atoms with Crippen LogP contribution < -0.4 is 4.90 Å².